The molecule has 136 valence electrons. The third kappa shape index (κ3) is 3.58. The van der Waals surface area contributed by atoms with Crippen molar-refractivity contribution in [2.45, 2.75) is 0 Å². The summed E-state index contributed by atoms with van der Waals surface area (Å²) < 4.78 is 17.7. The summed E-state index contributed by atoms with van der Waals surface area (Å²) in [4.78, 5) is 26.6. The van der Waals surface area contributed by atoms with Gasteiger partial charge in [-0.15, -0.1) is 0 Å². The van der Waals surface area contributed by atoms with Gasteiger partial charge >= 0.3 is 5.97 Å². The Bertz CT molecular complexity index is 818. The lowest BCUT2D eigenvalue weighted by atomic mass is 10.1. The molecule has 0 spiro atoms. The molecule has 1 heterocycles. The van der Waals surface area contributed by atoms with Crippen molar-refractivity contribution in [1.82, 2.24) is 0 Å². The number of rotatable bonds is 4. The maximum atomic E-state index is 13.0. The molecule has 0 N–H and O–H groups in total. The summed E-state index contributed by atoms with van der Waals surface area (Å²) in [5.74, 6) is -0.894. The van der Waals surface area contributed by atoms with Crippen LogP contribution in [0.25, 0.3) is 0 Å². The lowest BCUT2D eigenvalue weighted by Gasteiger charge is -2.37. The number of carbonyl (C=O) groups is 1. The first-order valence-corrected chi connectivity index (χ1v) is 8.12. The van der Waals surface area contributed by atoms with Crippen LogP contribution in [0.1, 0.15) is 10.4 Å². The number of esters is 1. The molecule has 8 heteroatoms. The summed E-state index contributed by atoms with van der Waals surface area (Å²) >= 11 is 0. The fraction of sp³-hybridized carbons (Fsp3) is 0.278. The van der Waals surface area contributed by atoms with E-state index < -0.39 is 10.9 Å². The van der Waals surface area contributed by atoms with Gasteiger partial charge in [0.2, 0.25) is 0 Å². The number of nitrogens with zero attached hydrogens (tertiary/aromatic N) is 3. The number of anilines is 2. The van der Waals surface area contributed by atoms with Crippen molar-refractivity contribution in [3.63, 3.8) is 0 Å². The van der Waals surface area contributed by atoms with E-state index in [1.54, 1.807) is 18.2 Å². The van der Waals surface area contributed by atoms with Crippen LogP contribution in [0.4, 0.5) is 21.5 Å². The zero-order valence-corrected chi connectivity index (χ0v) is 14.2. The highest BCUT2D eigenvalue weighted by molar-refractivity contribution is 5.91. The van der Waals surface area contributed by atoms with Gasteiger partial charge in [-0.25, -0.2) is 9.18 Å². The van der Waals surface area contributed by atoms with Gasteiger partial charge < -0.3 is 14.5 Å². The number of ether oxygens (including phenoxy) is 1. The highest BCUT2D eigenvalue weighted by Crippen LogP contribution is 2.31. The molecular weight excluding hydrogens is 341 g/mol. The fourth-order valence-corrected chi connectivity index (χ4v) is 3.04. The van der Waals surface area contributed by atoms with E-state index in [0.717, 1.165) is 5.69 Å². The van der Waals surface area contributed by atoms with Gasteiger partial charge in [0.25, 0.3) is 5.69 Å². The first-order valence-electron chi connectivity index (χ1n) is 8.12. The second kappa shape index (κ2) is 7.38. The third-order valence-corrected chi connectivity index (χ3v) is 4.41. The van der Waals surface area contributed by atoms with Crippen molar-refractivity contribution in [2.75, 3.05) is 43.1 Å². The van der Waals surface area contributed by atoms with Crippen LogP contribution in [-0.4, -0.2) is 44.2 Å². The number of hydrogen-bond donors (Lipinski definition) is 0. The van der Waals surface area contributed by atoms with Crippen molar-refractivity contribution in [1.29, 1.82) is 0 Å². The molecule has 7 nitrogen and oxygen atoms in total. The highest BCUT2D eigenvalue weighted by Gasteiger charge is 2.25. The van der Waals surface area contributed by atoms with Crippen molar-refractivity contribution < 1.29 is 18.8 Å². The van der Waals surface area contributed by atoms with Crippen LogP contribution in [0.5, 0.6) is 0 Å². The number of methoxy groups -OCH3 is 1. The van der Waals surface area contributed by atoms with Crippen LogP contribution in [0.2, 0.25) is 0 Å². The molecule has 3 rings (SSSR count). The van der Waals surface area contributed by atoms with Crippen LogP contribution in [0, 0.1) is 15.9 Å². The lowest BCUT2D eigenvalue weighted by Crippen LogP contribution is -2.46. The van der Waals surface area contributed by atoms with E-state index in [1.807, 2.05) is 4.90 Å². The molecule has 0 unspecified atom stereocenters. The van der Waals surface area contributed by atoms with Crippen molar-refractivity contribution in [2.24, 2.45) is 0 Å². The van der Waals surface area contributed by atoms with Crippen LogP contribution in [-0.2, 0) is 4.74 Å². The third-order valence-electron chi connectivity index (χ3n) is 4.41. The molecule has 2 aromatic carbocycles. The minimum Gasteiger partial charge on any atom is -0.465 e. The minimum atomic E-state index is -0.610. The quantitative estimate of drug-likeness (QED) is 0.475. The standard InChI is InChI=1S/C18H18FN3O4/c1-26-18(23)13-2-7-16(17(12-13)22(24)25)21-10-8-20(9-11-21)15-5-3-14(19)4-6-15/h2-7,12H,8-11H2,1H3. The molecule has 26 heavy (non-hydrogen) atoms. The summed E-state index contributed by atoms with van der Waals surface area (Å²) in [5, 5.41) is 11.4. The highest BCUT2D eigenvalue weighted by atomic mass is 19.1. The zero-order chi connectivity index (χ0) is 18.7. The van der Waals surface area contributed by atoms with Crippen molar-refractivity contribution in [3.05, 3.63) is 64.0 Å². The van der Waals surface area contributed by atoms with E-state index in [1.165, 1.54) is 31.4 Å². The Balaban J connectivity index is 1.77. The molecule has 1 fully saturated rings. The Morgan fingerprint density at radius 1 is 1.08 bits per heavy atom. The molecule has 1 aliphatic heterocycles. The second-order valence-electron chi connectivity index (χ2n) is 5.90. The predicted molar refractivity (Wildman–Crippen MR) is 95.3 cm³/mol. The maximum absolute atomic E-state index is 13.0. The molecule has 0 radical (unpaired) electrons. The molecule has 0 aliphatic carbocycles. The average molecular weight is 359 g/mol. The first-order chi connectivity index (χ1) is 12.5. The molecule has 0 saturated carbocycles. The summed E-state index contributed by atoms with van der Waals surface area (Å²) in [5.41, 5.74) is 1.42. The zero-order valence-electron chi connectivity index (χ0n) is 14.2. The van der Waals surface area contributed by atoms with Crippen LogP contribution >= 0.6 is 0 Å². The van der Waals surface area contributed by atoms with Gasteiger partial charge in [0.1, 0.15) is 11.5 Å². The number of carbonyl (C=O) groups excluding carboxylic acids is 1. The first kappa shape index (κ1) is 17.7. The second-order valence-corrected chi connectivity index (χ2v) is 5.90. The number of piperazine rings is 1. The van der Waals surface area contributed by atoms with E-state index in [9.17, 15) is 19.3 Å². The van der Waals surface area contributed by atoms with Gasteiger partial charge in [0, 0.05) is 37.9 Å². The molecule has 0 amide bonds. The Kier molecular flexibility index (Phi) is 5.01. The number of hydrogen-bond acceptors (Lipinski definition) is 6. The molecule has 0 bridgehead atoms. The van der Waals surface area contributed by atoms with Gasteiger partial charge in [0.15, 0.2) is 0 Å². The lowest BCUT2D eigenvalue weighted by molar-refractivity contribution is -0.384. The number of nitro groups is 1. The normalized spacial score (nSPS) is 14.2. The van der Waals surface area contributed by atoms with Crippen molar-refractivity contribution >= 4 is 23.0 Å². The average Bonchev–Trinajstić information content (AvgIpc) is 2.67. The molecule has 2 aromatic rings. The van der Waals surface area contributed by atoms with Gasteiger partial charge in [-0.1, -0.05) is 0 Å². The van der Waals surface area contributed by atoms with Gasteiger partial charge in [-0.3, -0.25) is 10.1 Å². The Labute approximate surface area is 149 Å². The number of nitro benzene ring substituents is 1. The molecular formula is C18H18FN3O4. The van der Waals surface area contributed by atoms with E-state index in [4.69, 9.17) is 0 Å². The number of benzene rings is 2. The van der Waals surface area contributed by atoms with Gasteiger partial charge in [-0.2, -0.15) is 0 Å². The van der Waals surface area contributed by atoms with Crippen LogP contribution in [0.3, 0.4) is 0 Å². The van der Waals surface area contributed by atoms with E-state index >= 15 is 0 Å². The van der Waals surface area contributed by atoms with E-state index in [0.29, 0.717) is 31.9 Å². The summed E-state index contributed by atoms with van der Waals surface area (Å²) in [6.07, 6.45) is 0. The molecule has 0 atom stereocenters. The topological polar surface area (TPSA) is 75.9 Å². The summed E-state index contributed by atoms with van der Waals surface area (Å²) in [7, 11) is 1.23. The van der Waals surface area contributed by atoms with Gasteiger partial charge in [0.05, 0.1) is 17.6 Å². The Hall–Kier alpha value is -3.16. The Morgan fingerprint density at radius 3 is 2.27 bits per heavy atom. The summed E-state index contributed by atoms with van der Waals surface area (Å²) in [6, 6.07) is 10.6. The van der Waals surface area contributed by atoms with Gasteiger partial charge in [-0.05, 0) is 36.4 Å². The monoisotopic (exact) mass is 359 g/mol. The molecule has 0 aromatic heterocycles. The van der Waals surface area contributed by atoms with Crippen LogP contribution in [0.15, 0.2) is 42.5 Å². The van der Waals surface area contributed by atoms with E-state index in [-0.39, 0.29) is 17.1 Å². The maximum Gasteiger partial charge on any atom is 0.338 e. The smallest absolute Gasteiger partial charge is 0.338 e. The summed E-state index contributed by atoms with van der Waals surface area (Å²) in [6.45, 7) is 2.47. The minimum absolute atomic E-state index is 0.122. The SMILES string of the molecule is COC(=O)c1ccc(N2CCN(c3ccc(F)cc3)CC2)c([N+](=O)[O-])c1. The fourth-order valence-electron chi connectivity index (χ4n) is 3.04. The van der Waals surface area contributed by atoms with Crippen molar-refractivity contribution in [3.8, 4) is 0 Å². The van der Waals surface area contributed by atoms with E-state index in [2.05, 4.69) is 9.64 Å². The molecule has 1 saturated heterocycles. The predicted octanol–water partition coefficient (Wildman–Crippen LogP) is 2.85. The largest absolute Gasteiger partial charge is 0.465 e. The van der Waals surface area contributed by atoms with Crippen LogP contribution < -0.4 is 9.80 Å². The number of halogens is 1. The molecule has 1 aliphatic rings. The Morgan fingerprint density at radius 2 is 1.69 bits per heavy atom.